The minimum Gasteiger partial charge on any atom is -0.514 e. The van der Waals surface area contributed by atoms with Gasteiger partial charge in [-0.3, -0.25) is 0 Å². The van der Waals surface area contributed by atoms with E-state index in [4.69, 9.17) is 29.6 Å². The molecule has 1 spiro atoms. The molecule has 1 saturated heterocycles. The summed E-state index contributed by atoms with van der Waals surface area (Å²) in [6, 6.07) is 49.5. The van der Waals surface area contributed by atoms with Gasteiger partial charge in [0.15, 0.2) is 6.10 Å². The van der Waals surface area contributed by atoms with E-state index in [1.54, 1.807) is 0 Å². The van der Waals surface area contributed by atoms with E-state index in [0.717, 1.165) is 52.8 Å². The summed E-state index contributed by atoms with van der Waals surface area (Å²) in [5.41, 5.74) is 4.96. The minimum atomic E-state index is -3.89. The van der Waals surface area contributed by atoms with E-state index >= 15 is 0 Å². The van der Waals surface area contributed by atoms with Gasteiger partial charge in [0.05, 0.1) is 30.0 Å². The Kier molecular flexibility index (Phi) is 15.5. The number of allylic oxidation sites excluding steroid dienone is 5. The Morgan fingerprint density at radius 3 is 1.91 bits per heavy atom. The molecule has 1 fully saturated rings. The molecule has 338 valence electrons. The lowest BCUT2D eigenvalue weighted by Crippen LogP contribution is -2.64. The van der Waals surface area contributed by atoms with Gasteiger partial charge >= 0.3 is 20.5 Å². The summed E-state index contributed by atoms with van der Waals surface area (Å²) in [6.07, 6.45) is 11.2. The Balaban J connectivity index is 1.22. The van der Waals surface area contributed by atoms with Crippen molar-refractivity contribution in [3.05, 3.63) is 228 Å². The van der Waals surface area contributed by atoms with E-state index in [1.807, 2.05) is 127 Å². The summed E-state index contributed by atoms with van der Waals surface area (Å²) < 4.78 is 33.3. The van der Waals surface area contributed by atoms with Crippen LogP contribution in [0.3, 0.4) is 0 Å². The third kappa shape index (κ3) is 10.8. The van der Waals surface area contributed by atoms with Gasteiger partial charge in [0.2, 0.25) is 0 Å². The Bertz CT molecular complexity index is 2520. The first kappa shape index (κ1) is 46.9. The molecule has 0 saturated carbocycles. The molecule has 5 aromatic carbocycles. The molecule has 3 aliphatic rings. The van der Waals surface area contributed by atoms with Gasteiger partial charge in [-0.25, -0.2) is 9.59 Å². The number of ether oxygens (including phenoxy) is 3. The first-order valence-corrected chi connectivity index (χ1v) is 26.3. The number of rotatable bonds is 18. The van der Waals surface area contributed by atoms with Crippen LogP contribution in [-0.4, -0.2) is 49.8 Å². The number of fused-ring (bicyclic) bond motifs is 1. The van der Waals surface area contributed by atoms with Crippen molar-refractivity contribution in [2.45, 2.75) is 55.5 Å². The molecule has 1 aliphatic heterocycles. The zero-order valence-electron chi connectivity index (χ0n) is 37.5. The molecule has 0 bridgehead atoms. The van der Waals surface area contributed by atoms with Crippen molar-refractivity contribution in [3.8, 4) is 0 Å². The predicted octanol–water partition coefficient (Wildman–Crippen LogP) is 11.3. The minimum absolute atomic E-state index is 0.0872. The van der Waals surface area contributed by atoms with E-state index in [1.165, 1.54) is 42.4 Å². The molecule has 0 unspecified atom stereocenters. The van der Waals surface area contributed by atoms with Crippen molar-refractivity contribution in [2.24, 2.45) is 5.41 Å². The van der Waals surface area contributed by atoms with Crippen molar-refractivity contribution < 1.29 is 32.7 Å². The maximum atomic E-state index is 14.8. The fourth-order valence-corrected chi connectivity index (χ4v) is 15.4. The molecule has 1 heterocycles. The summed E-state index contributed by atoms with van der Waals surface area (Å²) in [5.74, 6) is 1.75. The van der Waals surface area contributed by atoms with Crippen molar-refractivity contribution in [1.82, 2.24) is 0 Å². The first-order chi connectivity index (χ1) is 32.2. The first-order valence-electron chi connectivity index (χ1n) is 22.5. The lowest BCUT2D eigenvalue weighted by Gasteiger charge is -2.47. The normalized spacial score (nSPS) is 19.0. The SMILES string of the molecule is C=C(O[Si](O[C@@H](c1ccccc1)[C@@H](OC(=O)/C(=C/C=C/C(=O)OC)COCc1ccccc1)c1ccccc1)(c1ccccc1)c1ccccc1)C1=CCCC2=CC3(CC[C@@]21C)SCCS3. The number of methoxy groups -OCH3 is 1. The average Bonchev–Trinajstić information content (AvgIpc) is 3.83. The lowest BCUT2D eigenvalue weighted by atomic mass is 9.64. The van der Waals surface area contributed by atoms with Gasteiger partial charge in [-0.2, -0.15) is 0 Å². The Hall–Kier alpha value is -5.62. The van der Waals surface area contributed by atoms with Gasteiger partial charge in [-0.1, -0.05) is 189 Å². The van der Waals surface area contributed by atoms with Crippen LogP contribution in [0.2, 0.25) is 0 Å². The van der Waals surface area contributed by atoms with E-state index in [2.05, 4.69) is 66.9 Å². The maximum absolute atomic E-state index is 14.8. The van der Waals surface area contributed by atoms with E-state index in [0.29, 0.717) is 11.3 Å². The molecule has 8 rings (SSSR count). The highest BCUT2D eigenvalue weighted by atomic mass is 32.2. The predicted molar refractivity (Wildman–Crippen MR) is 269 cm³/mol. The number of benzene rings is 5. The average molecular weight is 933 g/mol. The summed E-state index contributed by atoms with van der Waals surface area (Å²) in [5, 5.41) is 1.75. The molecule has 3 atom stereocenters. The summed E-state index contributed by atoms with van der Waals surface area (Å²) >= 11 is 4.17. The molecule has 0 N–H and O–H groups in total. The summed E-state index contributed by atoms with van der Waals surface area (Å²) in [4.78, 5) is 26.9. The number of hydrogen-bond acceptors (Lipinski definition) is 9. The van der Waals surface area contributed by atoms with E-state index in [-0.39, 0.29) is 28.3 Å². The Morgan fingerprint density at radius 1 is 0.758 bits per heavy atom. The fourth-order valence-electron chi connectivity index (χ4n) is 9.05. The molecular formula is C56H56O7S2Si. The number of carbonyl (C=O) groups is 2. The number of hydrogen-bond donors (Lipinski definition) is 0. The van der Waals surface area contributed by atoms with E-state index in [9.17, 15) is 9.59 Å². The third-order valence-electron chi connectivity index (χ3n) is 12.5. The highest BCUT2D eigenvalue weighted by molar-refractivity contribution is 8.21. The second-order valence-corrected chi connectivity index (χ2v) is 22.7. The number of thioether (sulfide) groups is 2. The largest absolute Gasteiger partial charge is 0.514 e. The highest BCUT2D eigenvalue weighted by Crippen LogP contribution is 2.59. The smallest absolute Gasteiger partial charge is 0.469 e. The van der Waals surface area contributed by atoms with Gasteiger partial charge in [0.25, 0.3) is 0 Å². The van der Waals surface area contributed by atoms with Crippen molar-refractivity contribution in [2.75, 3.05) is 25.2 Å². The van der Waals surface area contributed by atoms with Gasteiger partial charge in [-0.15, -0.1) is 23.5 Å². The standard InChI is InChI=1S/C56H56O7S2Si/c1-42(50-33-20-28-47-39-56(64-37-38-65-56)36-35-55(47,50)2)62-66(48-29-15-7-16-30-48,49-31-17-8-18-32-49)63-53(45-25-13-6-14-26-45)52(44-23-11-5-12-24-44)61-54(58)46(27-19-34-51(57)59-3)41-60-40-43-21-9-4-10-22-43/h4-19,21-27,29-34,39,52-53H,1,20,28,35-38,40-41H2,2-3H3/b34-19+,46-27+/t52-,53-,55-/m0/s1. The molecule has 0 aromatic heterocycles. The van der Waals surface area contributed by atoms with Crippen LogP contribution in [0.15, 0.2) is 211 Å². The van der Waals surface area contributed by atoms with Crippen LogP contribution in [0, 0.1) is 5.41 Å². The number of carbonyl (C=O) groups excluding carboxylic acids is 2. The molecule has 66 heavy (non-hydrogen) atoms. The Labute approximate surface area is 398 Å². The van der Waals surface area contributed by atoms with Crippen LogP contribution in [0.1, 0.15) is 61.5 Å². The highest BCUT2D eigenvalue weighted by Gasteiger charge is 2.52. The van der Waals surface area contributed by atoms with Crippen LogP contribution in [-0.2, 0) is 39.3 Å². The zero-order chi connectivity index (χ0) is 45.8. The topological polar surface area (TPSA) is 80.3 Å². The Morgan fingerprint density at radius 2 is 1.32 bits per heavy atom. The second-order valence-electron chi connectivity index (χ2n) is 16.8. The van der Waals surface area contributed by atoms with Crippen molar-refractivity contribution in [3.63, 3.8) is 0 Å². The van der Waals surface area contributed by atoms with Crippen LogP contribution in [0.25, 0.3) is 0 Å². The molecular weight excluding hydrogens is 877 g/mol. The molecule has 0 radical (unpaired) electrons. The van der Waals surface area contributed by atoms with Crippen LogP contribution >= 0.6 is 23.5 Å². The molecule has 10 heteroatoms. The van der Waals surface area contributed by atoms with Gasteiger partial charge in [0.1, 0.15) is 11.9 Å². The summed E-state index contributed by atoms with van der Waals surface area (Å²) in [7, 11) is -2.59. The third-order valence-corrected chi connectivity index (χ3v) is 19.2. The van der Waals surface area contributed by atoms with E-state index < -0.39 is 32.7 Å². The molecule has 2 aliphatic carbocycles. The number of esters is 2. The lowest BCUT2D eigenvalue weighted by molar-refractivity contribution is -0.151. The zero-order valence-corrected chi connectivity index (χ0v) is 40.1. The summed E-state index contributed by atoms with van der Waals surface area (Å²) in [6.45, 7) is 7.31. The van der Waals surface area contributed by atoms with Gasteiger partial charge in [0, 0.05) is 33.4 Å². The monoisotopic (exact) mass is 932 g/mol. The van der Waals surface area contributed by atoms with Crippen LogP contribution in [0.5, 0.6) is 0 Å². The molecule has 7 nitrogen and oxygen atoms in total. The quantitative estimate of drug-likeness (QED) is 0.0213. The molecule has 5 aromatic rings. The fraction of sp³-hybridized carbons (Fsp3) is 0.250. The van der Waals surface area contributed by atoms with Crippen molar-refractivity contribution in [1.29, 1.82) is 0 Å². The van der Waals surface area contributed by atoms with Gasteiger partial charge < -0.3 is 23.1 Å². The molecule has 0 amide bonds. The maximum Gasteiger partial charge on any atom is 0.469 e. The van der Waals surface area contributed by atoms with Crippen molar-refractivity contribution >= 4 is 54.4 Å². The second kappa shape index (κ2) is 21.8. The van der Waals surface area contributed by atoms with Crippen LogP contribution in [0.4, 0.5) is 0 Å². The van der Waals surface area contributed by atoms with Crippen LogP contribution < -0.4 is 10.4 Å². The van der Waals surface area contributed by atoms with Gasteiger partial charge in [-0.05, 0) is 54.0 Å².